The Morgan fingerprint density at radius 2 is 1.88 bits per heavy atom. The SMILES string of the molecule is CC(C)(C)NS(=O)(=O)c1cccc(C(=O)NCc2ccccn2)c1. The summed E-state index contributed by atoms with van der Waals surface area (Å²) in [6, 6.07) is 11.4. The summed E-state index contributed by atoms with van der Waals surface area (Å²) in [7, 11) is -3.68. The summed E-state index contributed by atoms with van der Waals surface area (Å²) >= 11 is 0. The van der Waals surface area contributed by atoms with E-state index < -0.39 is 15.6 Å². The topological polar surface area (TPSA) is 88.2 Å². The molecule has 7 heteroatoms. The molecule has 0 aliphatic carbocycles. The third-order valence-corrected chi connectivity index (χ3v) is 4.76. The predicted molar refractivity (Wildman–Crippen MR) is 91.9 cm³/mol. The Balaban J connectivity index is 2.13. The minimum atomic E-state index is -3.68. The zero-order valence-electron chi connectivity index (χ0n) is 13.9. The molecule has 1 aromatic heterocycles. The predicted octanol–water partition coefficient (Wildman–Crippen LogP) is 2.09. The molecule has 0 unspecified atom stereocenters. The number of pyridine rings is 1. The molecule has 2 rings (SSSR count). The van der Waals surface area contributed by atoms with Crippen molar-refractivity contribution in [1.82, 2.24) is 15.0 Å². The molecule has 0 aliphatic heterocycles. The summed E-state index contributed by atoms with van der Waals surface area (Å²) in [6.45, 7) is 5.55. The fourth-order valence-electron chi connectivity index (χ4n) is 2.04. The van der Waals surface area contributed by atoms with E-state index in [9.17, 15) is 13.2 Å². The van der Waals surface area contributed by atoms with Gasteiger partial charge in [0.25, 0.3) is 5.91 Å². The fraction of sp³-hybridized carbons (Fsp3) is 0.294. The molecule has 0 aliphatic rings. The molecule has 1 heterocycles. The van der Waals surface area contributed by atoms with Crippen LogP contribution >= 0.6 is 0 Å². The van der Waals surface area contributed by atoms with Crippen molar-refractivity contribution in [2.24, 2.45) is 0 Å². The summed E-state index contributed by atoms with van der Waals surface area (Å²) in [4.78, 5) is 16.4. The van der Waals surface area contributed by atoms with Crippen molar-refractivity contribution in [2.75, 3.05) is 0 Å². The van der Waals surface area contributed by atoms with Gasteiger partial charge in [0.05, 0.1) is 17.1 Å². The van der Waals surface area contributed by atoms with E-state index >= 15 is 0 Å². The maximum absolute atomic E-state index is 12.3. The summed E-state index contributed by atoms with van der Waals surface area (Å²) in [5.41, 5.74) is 0.405. The van der Waals surface area contributed by atoms with Gasteiger partial charge in [0, 0.05) is 17.3 Å². The van der Waals surface area contributed by atoms with E-state index in [2.05, 4.69) is 15.0 Å². The van der Waals surface area contributed by atoms with Gasteiger partial charge in [0.1, 0.15) is 0 Å². The number of nitrogens with one attached hydrogen (secondary N) is 2. The summed E-state index contributed by atoms with van der Waals surface area (Å²) in [6.07, 6.45) is 1.65. The van der Waals surface area contributed by atoms with Gasteiger partial charge in [-0.1, -0.05) is 12.1 Å². The van der Waals surface area contributed by atoms with E-state index in [0.29, 0.717) is 0 Å². The van der Waals surface area contributed by atoms with Crippen LogP contribution in [0.5, 0.6) is 0 Å². The van der Waals surface area contributed by atoms with Crippen LogP contribution in [0.1, 0.15) is 36.8 Å². The summed E-state index contributed by atoms with van der Waals surface area (Å²) in [5.74, 6) is -0.353. The lowest BCUT2D eigenvalue weighted by atomic mass is 10.1. The van der Waals surface area contributed by atoms with Crippen LogP contribution in [0.4, 0.5) is 0 Å². The second kappa shape index (κ2) is 7.11. The van der Waals surface area contributed by atoms with Crippen molar-refractivity contribution < 1.29 is 13.2 Å². The van der Waals surface area contributed by atoms with Crippen molar-refractivity contribution in [3.05, 3.63) is 59.9 Å². The Hall–Kier alpha value is -2.25. The lowest BCUT2D eigenvalue weighted by Gasteiger charge is -2.20. The molecule has 6 nitrogen and oxygen atoms in total. The van der Waals surface area contributed by atoms with Gasteiger partial charge in [-0.05, 0) is 51.1 Å². The smallest absolute Gasteiger partial charge is 0.251 e. The van der Waals surface area contributed by atoms with Gasteiger partial charge in [0.15, 0.2) is 0 Å². The van der Waals surface area contributed by atoms with Crippen LogP contribution in [0.2, 0.25) is 0 Å². The first-order chi connectivity index (χ1) is 11.2. The second-order valence-electron chi connectivity index (χ2n) is 6.39. The number of carbonyl (C=O) groups is 1. The number of nitrogens with zero attached hydrogens (tertiary/aromatic N) is 1. The van der Waals surface area contributed by atoms with Crippen molar-refractivity contribution in [3.63, 3.8) is 0 Å². The lowest BCUT2D eigenvalue weighted by molar-refractivity contribution is 0.0950. The van der Waals surface area contributed by atoms with Gasteiger partial charge < -0.3 is 5.32 Å². The normalized spacial score (nSPS) is 12.0. The first-order valence-electron chi connectivity index (χ1n) is 7.49. The van der Waals surface area contributed by atoms with Crippen LogP contribution in [0, 0.1) is 0 Å². The third kappa shape index (κ3) is 5.14. The molecule has 0 saturated heterocycles. The van der Waals surface area contributed by atoms with Crippen molar-refractivity contribution >= 4 is 15.9 Å². The first-order valence-corrected chi connectivity index (χ1v) is 8.98. The largest absolute Gasteiger partial charge is 0.346 e. The van der Waals surface area contributed by atoms with Crippen LogP contribution in [-0.2, 0) is 16.6 Å². The minimum Gasteiger partial charge on any atom is -0.346 e. The fourth-order valence-corrected chi connectivity index (χ4v) is 3.51. The molecule has 0 spiro atoms. The van der Waals surface area contributed by atoms with Gasteiger partial charge in [-0.3, -0.25) is 9.78 Å². The Morgan fingerprint density at radius 1 is 1.12 bits per heavy atom. The number of carbonyl (C=O) groups excluding carboxylic acids is 1. The highest BCUT2D eigenvalue weighted by atomic mass is 32.2. The first kappa shape index (κ1) is 18.1. The monoisotopic (exact) mass is 347 g/mol. The molecule has 2 N–H and O–H groups in total. The van der Waals surface area contributed by atoms with Gasteiger partial charge in [-0.25, -0.2) is 13.1 Å². The highest BCUT2D eigenvalue weighted by Crippen LogP contribution is 2.14. The molecule has 0 radical (unpaired) electrons. The molecule has 128 valence electrons. The third-order valence-electron chi connectivity index (χ3n) is 3.00. The number of hydrogen-bond acceptors (Lipinski definition) is 4. The maximum atomic E-state index is 12.3. The zero-order valence-corrected chi connectivity index (χ0v) is 14.7. The van der Waals surface area contributed by atoms with Crippen molar-refractivity contribution in [2.45, 2.75) is 37.8 Å². The second-order valence-corrected chi connectivity index (χ2v) is 8.07. The number of aromatic nitrogens is 1. The van der Waals surface area contributed by atoms with Crippen LogP contribution in [-0.4, -0.2) is 24.8 Å². The molecule has 0 fully saturated rings. The molecule has 24 heavy (non-hydrogen) atoms. The van der Waals surface area contributed by atoms with Crippen LogP contribution in [0.3, 0.4) is 0 Å². The number of amides is 1. The molecule has 0 saturated carbocycles. The number of rotatable bonds is 5. The van der Waals surface area contributed by atoms with Crippen LogP contribution < -0.4 is 10.0 Å². The van der Waals surface area contributed by atoms with Gasteiger partial charge >= 0.3 is 0 Å². The highest BCUT2D eigenvalue weighted by molar-refractivity contribution is 7.89. The Labute approximate surface area is 142 Å². The minimum absolute atomic E-state index is 0.0583. The molecule has 0 atom stereocenters. The molecule has 1 aromatic carbocycles. The van der Waals surface area contributed by atoms with Gasteiger partial charge in [-0.2, -0.15) is 0 Å². The van der Waals surface area contributed by atoms with Crippen LogP contribution in [0.15, 0.2) is 53.6 Å². The van der Waals surface area contributed by atoms with E-state index in [1.165, 1.54) is 12.1 Å². The molecule has 1 amide bonds. The van der Waals surface area contributed by atoms with Crippen molar-refractivity contribution in [3.8, 4) is 0 Å². The average molecular weight is 347 g/mol. The number of benzene rings is 1. The summed E-state index contributed by atoms with van der Waals surface area (Å²) < 4.78 is 27.3. The van der Waals surface area contributed by atoms with Crippen molar-refractivity contribution in [1.29, 1.82) is 0 Å². The number of hydrogen-bond donors (Lipinski definition) is 2. The lowest BCUT2D eigenvalue weighted by Crippen LogP contribution is -2.40. The molecule has 2 aromatic rings. The highest BCUT2D eigenvalue weighted by Gasteiger charge is 2.22. The standard InChI is InChI=1S/C17H21N3O3S/c1-17(2,3)20-24(22,23)15-9-6-7-13(11-15)16(21)19-12-14-8-4-5-10-18-14/h4-11,20H,12H2,1-3H3,(H,19,21). The van der Waals surface area contributed by atoms with Gasteiger partial charge in [-0.15, -0.1) is 0 Å². The summed E-state index contributed by atoms with van der Waals surface area (Å²) in [5, 5.41) is 2.73. The zero-order chi connectivity index (χ0) is 17.8. The van der Waals surface area contributed by atoms with Crippen LogP contribution in [0.25, 0.3) is 0 Å². The quantitative estimate of drug-likeness (QED) is 0.867. The Bertz CT molecular complexity index is 812. The Morgan fingerprint density at radius 3 is 2.50 bits per heavy atom. The number of sulfonamides is 1. The maximum Gasteiger partial charge on any atom is 0.251 e. The van der Waals surface area contributed by atoms with E-state index in [4.69, 9.17) is 0 Å². The molecule has 0 bridgehead atoms. The van der Waals surface area contributed by atoms with E-state index in [0.717, 1.165) is 5.69 Å². The molecular formula is C17H21N3O3S. The van der Waals surface area contributed by atoms with Gasteiger partial charge in [0.2, 0.25) is 10.0 Å². The Kier molecular flexibility index (Phi) is 5.36. The molecular weight excluding hydrogens is 326 g/mol. The van der Waals surface area contributed by atoms with E-state index in [-0.39, 0.29) is 22.9 Å². The van der Waals surface area contributed by atoms with E-state index in [1.807, 2.05) is 6.07 Å². The van der Waals surface area contributed by atoms with E-state index in [1.54, 1.807) is 51.2 Å². The average Bonchev–Trinajstić information content (AvgIpc) is 2.51.